The van der Waals surface area contributed by atoms with Crippen molar-refractivity contribution in [2.24, 2.45) is 0 Å². The number of hydrogen-bond donors (Lipinski definition) is 0. The first kappa shape index (κ1) is 33.5. The maximum absolute atomic E-state index is 5.10. The highest BCUT2D eigenvalue weighted by Crippen LogP contribution is 2.40. The highest BCUT2D eigenvalue weighted by Gasteiger charge is 2.18. The van der Waals surface area contributed by atoms with E-state index in [1.807, 2.05) is 22.9 Å². The summed E-state index contributed by atoms with van der Waals surface area (Å²) in [7, 11) is 0. The van der Waals surface area contributed by atoms with Gasteiger partial charge in [-0.25, -0.2) is 9.67 Å². The molecule has 0 unspecified atom stereocenters. The fourth-order valence-corrected chi connectivity index (χ4v) is 8.43. The molecule has 0 saturated carbocycles. The van der Waals surface area contributed by atoms with E-state index < -0.39 is 0 Å². The van der Waals surface area contributed by atoms with Gasteiger partial charge in [-0.3, -0.25) is 0 Å². The Kier molecular flexibility index (Phi) is 8.11. The van der Waals surface area contributed by atoms with E-state index in [4.69, 9.17) is 10.1 Å². The molecule has 0 fully saturated rings. The second kappa shape index (κ2) is 14.0. The smallest absolute Gasteiger partial charge is 0.182 e. The highest BCUT2D eigenvalue weighted by atomic mass is 15.4. The molecule has 0 radical (unpaired) electrons. The topological polar surface area (TPSA) is 35.6 Å². The number of hydrogen-bond acceptors (Lipinski definition) is 2. The lowest BCUT2D eigenvalue weighted by molar-refractivity contribution is 0.891. The largest absolute Gasteiger partial charge is 0.309 e. The van der Waals surface area contributed by atoms with E-state index in [1.165, 1.54) is 60.4 Å². The van der Waals surface area contributed by atoms with Crippen LogP contribution in [0.4, 0.5) is 0 Å². The van der Waals surface area contributed by atoms with Crippen molar-refractivity contribution in [2.45, 2.75) is 0 Å². The third-order valence-electron chi connectivity index (χ3n) is 11.2. The first-order chi connectivity index (χ1) is 28.8. The van der Waals surface area contributed by atoms with Gasteiger partial charge in [0, 0.05) is 27.6 Å². The number of para-hydroxylation sites is 2. The Morgan fingerprint density at radius 1 is 0.328 bits per heavy atom. The molecule has 2 aromatic heterocycles. The van der Waals surface area contributed by atoms with Crippen LogP contribution in [-0.2, 0) is 0 Å². The molecule has 0 spiro atoms. The van der Waals surface area contributed by atoms with E-state index in [2.05, 4.69) is 205 Å². The van der Waals surface area contributed by atoms with Gasteiger partial charge in [-0.2, -0.15) is 0 Å². The fourth-order valence-electron chi connectivity index (χ4n) is 8.43. The number of benzene rings is 9. The predicted molar refractivity (Wildman–Crippen MR) is 240 cm³/mol. The van der Waals surface area contributed by atoms with Gasteiger partial charge in [-0.05, 0) is 86.6 Å². The van der Waals surface area contributed by atoms with Crippen LogP contribution in [-0.4, -0.2) is 19.3 Å². The molecule has 4 nitrogen and oxygen atoms in total. The summed E-state index contributed by atoms with van der Waals surface area (Å²) in [5.41, 5.74) is 13.5. The van der Waals surface area contributed by atoms with Crippen molar-refractivity contribution in [1.29, 1.82) is 0 Å². The van der Waals surface area contributed by atoms with Crippen molar-refractivity contribution in [3.8, 4) is 67.5 Å². The lowest BCUT2D eigenvalue weighted by Crippen LogP contribution is -2.00. The van der Waals surface area contributed by atoms with Gasteiger partial charge in [0.15, 0.2) is 11.6 Å². The highest BCUT2D eigenvalue weighted by molar-refractivity contribution is 6.09. The van der Waals surface area contributed by atoms with Crippen LogP contribution in [0.2, 0.25) is 0 Å². The van der Waals surface area contributed by atoms with E-state index >= 15 is 0 Å². The van der Waals surface area contributed by atoms with Gasteiger partial charge >= 0.3 is 0 Å². The predicted octanol–water partition coefficient (Wildman–Crippen LogP) is 13.9. The first-order valence-corrected chi connectivity index (χ1v) is 19.7. The maximum atomic E-state index is 5.10. The molecule has 0 aliphatic rings. The van der Waals surface area contributed by atoms with Crippen LogP contribution in [0, 0.1) is 0 Å². The van der Waals surface area contributed by atoms with Crippen LogP contribution in [0.3, 0.4) is 0 Å². The normalized spacial score (nSPS) is 11.4. The van der Waals surface area contributed by atoms with E-state index in [-0.39, 0.29) is 0 Å². The Morgan fingerprint density at radius 3 is 1.43 bits per heavy atom. The van der Waals surface area contributed by atoms with Gasteiger partial charge in [-0.15, -0.1) is 5.10 Å². The molecule has 272 valence electrons. The van der Waals surface area contributed by atoms with Crippen molar-refractivity contribution in [1.82, 2.24) is 19.3 Å². The SMILES string of the molecule is c1ccc(-c2nc(-c3ccc4ccccc4c3)n(-c3ccc(-c4ccccc4-c4ccccc4-c4ccc(-n5c6ccccc6c6ccccc65)cc4)cc3)n2)cc1. The van der Waals surface area contributed by atoms with Gasteiger partial charge in [0.05, 0.1) is 16.7 Å². The molecule has 0 N–H and O–H groups in total. The van der Waals surface area contributed by atoms with E-state index in [0.717, 1.165) is 33.9 Å². The minimum absolute atomic E-state index is 0.692. The third-order valence-corrected chi connectivity index (χ3v) is 11.2. The van der Waals surface area contributed by atoms with Crippen LogP contribution in [0.5, 0.6) is 0 Å². The monoisotopic (exact) mass is 740 g/mol. The molecule has 4 heteroatoms. The molecule has 0 bridgehead atoms. The van der Waals surface area contributed by atoms with E-state index in [1.54, 1.807) is 0 Å². The van der Waals surface area contributed by atoms with Crippen LogP contribution in [0.25, 0.3) is 100 Å². The molecular formula is C54H36N4. The Labute approximate surface area is 336 Å². The van der Waals surface area contributed by atoms with Crippen molar-refractivity contribution in [2.75, 3.05) is 0 Å². The molecule has 0 aliphatic carbocycles. The van der Waals surface area contributed by atoms with Gasteiger partial charge in [0.25, 0.3) is 0 Å². The van der Waals surface area contributed by atoms with Crippen molar-refractivity contribution < 1.29 is 0 Å². The molecule has 11 rings (SSSR count). The Morgan fingerprint density at radius 2 is 0.810 bits per heavy atom. The zero-order valence-corrected chi connectivity index (χ0v) is 31.6. The average Bonchev–Trinajstić information content (AvgIpc) is 3.90. The third kappa shape index (κ3) is 5.78. The Bertz CT molecular complexity index is 3210. The van der Waals surface area contributed by atoms with E-state index in [9.17, 15) is 0 Å². The van der Waals surface area contributed by atoms with Crippen LogP contribution in [0.1, 0.15) is 0 Å². The quantitative estimate of drug-likeness (QED) is 0.163. The molecule has 2 heterocycles. The molecular weight excluding hydrogens is 705 g/mol. The number of nitrogens with zero attached hydrogens (tertiary/aromatic N) is 4. The molecule has 58 heavy (non-hydrogen) atoms. The second-order valence-corrected chi connectivity index (χ2v) is 14.7. The summed E-state index contributed by atoms with van der Waals surface area (Å²) in [6, 6.07) is 77.5. The molecule has 0 saturated heterocycles. The Balaban J connectivity index is 0.961. The summed E-state index contributed by atoms with van der Waals surface area (Å²) in [4.78, 5) is 5.10. The second-order valence-electron chi connectivity index (χ2n) is 14.7. The van der Waals surface area contributed by atoms with Gasteiger partial charge < -0.3 is 4.57 Å². The van der Waals surface area contributed by atoms with Crippen molar-refractivity contribution >= 4 is 32.6 Å². The van der Waals surface area contributed by atoms with Gasteiger partial charge in [0.1, 0.15) is 0 Å². The maximum Gasteiger partial charge on any atom is 0.182 e. The average molecular weight is 741 g/mol. The standard InChI is InChI=1S/C54H36N4/c1-2-15-40(16-3-1)53-55-54(42-27-26-37-14-4-5-17-41(37)36-42)58(56-53)44-34-30-39(31-35-44)46-19-7-9-21-48(46)47-20-8-6-18-45(47)38-28-32-43(33-29-38)57-51-24-12-10-22-49(51)50-23-11-13-25-52(50)57/h1-36H. The molecule has 0 amide bonds. The van der Waals surface area contributed by atoms with Crippen LogP contribution >= 0.6 is 0 Å². The van der Waals surface area contributed by atoms with Crippen LogP contribution in [0.15, 0.2) is 218 Å². The lowest BCUT2D eigenvalue weighted by atomic mass is 9.89. The molecule has 0 aliphatic heterocycles. The number of aromatic nitrogens is 4. The summed E-state index contributed by atoms with van der Waals surface area (Å²) < 4.78 is 4.34. The van der Waals surface area contributed by atoms with Gasteiger partial charge in [-0.1, -0.05) is 176 Å². The lowest BCUT2D eigenvalue weighted by Gasteiger charge is -2.16. The fraction of sp³-hybridized carbons (Fsp3) is 0. The zero-order valence-electron chi connectivity index (χ0n) is 31.6. The summed E-state index contributed by atoms with van der Waals surface area (Å²) in [5, 5.41) is 9.97. The molecule has 11 aromatic rings. The van der Waals surface area contributed by atoms with Crippen molar-refractivity contribution in [3.05, 3.63) is 218 Å². The summed E-state index contributed by atoms with van der Waals surface area (Å²) in [6.45, 7) is 0. The zero-order chi connectivity index (χ0) is 38.4. The van der Waals surface area contributed by atoms with Crippen molar-refractivity contribution in [3.63, 3.8) is 0 Å². The number of rotatable bonds is 7. The summed E-state index contributed by atoms with van der Waals surface area (Å²) >= 11 is 0. The molecule has 0 atom stereocenters. The van der Waals surface area contributed by atoms with Crippen LogP contribution < -0.4 is 0 Å². The summed E-state index contributed by atoms with van der Waals surface area (Å²) in [6.07, 6.45) is 0. The Hall–Kier alpha value is -7.82. The molecule has 9 aromatic carbocycles. The minimum atomic E-state index is 0.692. The summed E-state index contributed by atoms with van der Waals surface area (Å²) in [5.74, 6) is 1.49. The minimum Gasteiger partial charge on any atom is -0.309 e. The number of fused-ring (bicyclic) bond motifs is 4. The van der Waals surface area contributed by atoms with Gasteiger partial charge in [0.2, 0.25) is 0 Å². The first-order valence-electron chi connectivity index (χ1n) is 19.7. The van der Waals surface area contributed by atoms with E-state index in [0.29, 0.717) is 5.82 Å².